The van der Waals surface area contributed by atoms with Crippen LogP contribution in [-0.2, 0) is 11.2 Å². The van der Waals surface area contributed by atoms with Gasteiger partial charge in [0.05, 0.1) is 16.9 Å². The fourth-order valence-electron chi connectivity index (χ4n) is 1.38. The molecule has 0 saturated heterocycles. The minimum atomic E-state index is -0.445. The predicted molar refractivity (Wildman–Crippen MR) is 60.8 cm³/mol. The number of hydrogen-bond donors (Lipinski definition) is 0. The lowest BCUT2D eigenvalue weighted by atomic mass is 10.1. The molecule has 0 aliphatic rings. The summed E-state index contributed by atoms with van der Waals surface area (Å²) in [5.41, 5.74) is 1.36. The van der Waals surface area contributed by atoms with Gasteiger partial charge in [-0.25, -0.2) is 0 Å². The topological polar surface area (TPSA) is 65.3 Å². The Morgan fingerprint density at radius 2 is 2.38 bits per heavy atom. The van der Waals surface area contributed by atoms with E-state index in [9.17, 15) is 10.1 Å². The summed E-state index contributed by atoms with van der Waals surface area (Å²) >= 11 is 5.97. The summed E-state index contributed by atoms with van der Waals surface area (Å²) < 4.78 is 4.90. The number of nitrogens with zero attached hydrogens (tertiary/aromatic N) is 2. The van der Waals surface area contributed by atoms with Crippen molar-refractivity contribution in [1.82, 2.24) is 4.98 Å². The number of aryl methyl sites for hydroxylation is 1. The van der Waals surface area contributed by atoms with Crippen LogP contribution in [0.2, 0.25) is 0 Å². The van der Waals surface area contributed by atoms with Crippen molar-refractivity contribution in [1.29, 1.82) is 0 Å². The molecule has 0 N–H and O–H groups in total. The first-order valence-corrected chi connectivity index (χ1v) is 5.21. The zero-order chi connectivity index (χ0) is 12.1. The molecule has 0 aliphatic heterocycles. The third-order valence-electron chi connectivity index (χ3n) is 2.11. The van der Waals surface area contributed by atoms with E-state index in [1.165, 1.54) is 6.20 Å². The lowest BCUT2D eigenvalue weighted by Gasteiger charge is -2.07. The van der Waals surface area contributed by atoms with Gasteiger partial charge in [0.15, 0.2) is 0 Å². The van der Waals surface area contributed by atoms with E-state index >= 15 is 0 Å². The number of hydrogen-bond acceptors (Lipinski definition) is 4. The number of rotatable bonds is 5. The second-order valence-electron chi connectivity index (χ2n) is 3.48. The van der Waals surface area contributed by atoms with Gasteiger partial charge in [-0.3, -0.25) is 15.1 Å². The Kier molecular flexibility index (Phi) is 4.64. The summed E-state index contributed by atoms with van der Waals surface area (Å²) in [6, 6.07) is 1.68. The van der Waals surface area contributed by atoms with Crippen LogP contribution >= 0.6 is 11.6 Å². The molecule has 1 aromatic rings. The third-order valence-corrected chi connectivity index (χ3v) is 2.39. The lowest BCUT2D eigenvalue weighted by Crippen LogP contribution is -2.11. The molecule has 0 aromatic carbocycles. The normalized spacial score (nSPS) is 12.4. The minimum Gasteiger partial charge on any atom is -0.383 e. The van der Waals surface area contributed by atoms with Crippen molar-refractivity contribution in [2.45, 2.75) is 18.7 Å². The molecular formula is C10H13ClN2O3. The fraction of sp³-hybridized carbons (Fsp3) is 0.500. The lowest BCUT2D eigenvalue weighted by molar-refractivity contribution is -0.385. The van der Waals surface area contributed by atoms with Crippen LogP contribution in [0.25, 0.3) is 0 Å². The molecule has 0 fully saturated rings. The summed E-state index contributed by atoms with van der Waals surface area (Å²) in [4.78, 5) is 14.1. The first kappa shape index (κ1) is 12.9. The molecule has 0 saturated carbocycles. The molecule has 1 unspecified atom stereocenters. The number of nitro groups is 1. The maximum atomic E-state index is 10.6. The molecule has 1 heterocycles. The Balaban J connectivity index is 2.77. The van der Waals surface area contributed by atoms with Gasteiger partial charge in [-0.05, 0) is 13.0 Å². The van der Waals surface area contributed by atoms with E-state index in [0.29, 0.717) is 18.6 Å². The van der Waals surface area contributed by atoms with Crippen molar-refractivity contribution in [3.8, 4) is 0 Å². The predicted octanol–water partition coefficient (Wildman–Crippen LogP) is 2.09. The fourth-order valence-corrected chi connectivity index (χ4v) is 1.66. The second kappa shape index (κ2) is 5.77. The van der Waals surface area contributed by atoms with Crippen LogP contribution in [-0.4, -0.2) is 29.0 Å². The first-order valence-electron chi connectivity index (χ1n) is 4.77. The maximum absolute atomic E-state index is 10.6. The highest BCUT2D eigenvalue weighted by Crippen LogP contribution is 2.17. The molecule has 0 spiro atoms. The van der Waals surface area contributed by atoms with Crippen LogP contribution in [0.5, 0.6) is 0 Å². The molecule has 88 valence electrons. The van der Waals surface area contributed by atoms with E-state index in [1.807, 2.05) is 0 Å². The van der Waals surface area contributed by atoms with E-state index in [1.54, 1.807) is 20.1 Å². The van der Waals surface area contributed by atoms with Crippen LogP contribution < -0.4 is 0 Å². The van der Waals surface area contributed by atoms with Crippen molar-refractivity contribution in [3.63, 3.8) is 0 Å². The average Bonchev–Trinajstić information content (AvgIpc) is 2.17. The van der Waals surface area contributed by atoms with Gasteiger partial charge in [0.25, 0.3) is 5.69 Å². The monoisotopic (exact) mass is 244 g/mol. The highest BCUT2D eigenvalue weighted by molar-refractivity contribution is 6.20. The molecule has 16 heavy (non-hydrogen) atoms. The van der Waals surface area contributed by atoms with Crippen LogP contribution in [0, 0.1) is 17.0 Å². The zero-order valence-electron chi connectivity index (χ0n) is 9.14. The Bertz CT molecular complexity index is 384. The van der Waals surface area contributed by atoms with E-state index in [4.69, 9.17) is 16.3 Å². The maximum Gasteiger partial charge on any atom is 0.290 e. The SMILES string of the molecule is COCC(Cl)Cc1cc(C)c([N+](=O)[O-])cn1. The molecular weight excluding hydrogens is 232 g/mol. The largest absolute Gasteiger partial charge is 0.383 e. The van der Waals surface area contributed by atoms with Gasteiger partial charge in [0, 0.05) is 24.8 Å². The highest BCUT2D eigenvalue weighted by Gasteiger charge is 2.13. The number of methoxy groups -OCH3 is 1. The molecule has 1 rings (SSSR count). The molecule has 0 amide bonds. The van der Waals surface area contributed by atoms with Crippen molar-refractivity contribution in [2.75, 3.05) is 13.7 Å². The first-order chi connectivity index (χ1) is 7.54. The van der Waals surface area contributed by atoms with E-state index in [2.05, 4.69) is 4.98 Å². The van der Waals surface area contributed by atoms with Crippen molar-refractivity contribution >= 4 is 17.3 Å². The van der Waals surface area contributed by atoms with Gasteiger partial charge in [-0.15, -0.1) is 11.6 Å². The van der Waals surface area contributed by atoms with Crippen molar-refractivity contribution in [2.24, 2.45) is 0 Å². The third kappa shape index (κ3) is 3.43. The van der Waals surface area contributed by atoms with Crippen LogP contribution in [0.1, 0.15) is 11.3 Å². The average molecular weight is 245 g/mol. The molecule has 0 bridgehead atoms. The van der Waals surface area contributed by atoms with Crippen molar-refractivity contribution in [3.05, 3.63) is 33.6 Å². The van der Waals surface area contributed by atoms with Crippen LogP contribution in [0.4, 0.5) is 5.69 Å². The molecule has 1 atom stereocenters. The number of alkyl halides is 1. The summed E-state index contributed by atoms with van der Waals surface area (Å²) in [5.74, 6) is 0. The smallest absolute Gasteiger partial charge is 0.290 e. The van der Waals surface area contributed by atoms with E-state index < -0.39 is 4.92 Å². The molecule has 1 aromatic heterocycles. The standard InChI is InChI=1S/C10H13ClN2O3/c1-7-3-9(4-8(11)6-16-2)12-5-10(7)13(14)15/h3,5,8H,4,6H2,1-2H3. The Labute approximate surface area is 98.5 Å². The quantitative estimate of drug-likeness (QED) is 0.452. The second-order valence-corrected chi connectivity index (χ2v) is 4.09. The highest BCUT2D eigenvalue weighted by atomic mass is 35.5. The number of halogens is 1. The van der Waals surface area contributed by atoms with Crippen LogP contribution in [0.3, 0.4) is 0 Å². The van der Waals surface area contributed by atoms with Gasteiger partial charge in [0.2, 0.25) is 0 Å². The van der Waals surface area contributed by atoms with Gasteiger partial charge in [0.1, 0.15) is 6.20 Å². The van der Waals surface area contributed by atoms with Crippen molar-refractivity contribution < 1.29 is 9.66 Å². The van der Waals surface area contributed by atoms with E-state index in [-0.39, 0.29) is 11.1 Å². The van der Waals surface area contributed by atoms with Gasteiger partial charge in [-0.2, -0.15) is 0 Å². The number of ether oxygens (including phenoxy) is 1. The summed E-state index contributed by atoms with van der Waals surface area (Å²) in [6.45, 7) is 2.11. The summed E-state index contributed by atoms with van der Waals surface area (Å²) in [5, 5.41) is 10.4. The molecule has 0 aliphatic carbocycles. The summed E-state index contributed by atoms with van der Waals surface area (Å²) in [6.07, 6.45) is 1.80. The Morgan fingerprint density at radius 3 is 2.88 bits per heavy atom. The number of pyridine rings is 1. The molecule has 5 nitrogen and oxygen atoms in total. The molecule has 6 heteroatoms. The Morgan fingerprint density at radius 1 is 1.69 bits per heavy atom. The van der Waals surface area contributed by atoms with E-state index in [0.717, 1.165) is 5.69 Å². The minimum absolute atomic E-state index is 0.0293. The Hall–Kier alpha value is -1.20. The zero-order valence-corrected chi connectivity index (χ0v) is 9.90. The summed E-state index contributed by atoms with van der Waals surface area (Å²) in [7, 11) is 1.57. The van der Waals surface area contributed by atoms with Gasteiger partial charge < -0.3 is 4.74 Å². The number of aromatic nitrogens is 1. The van der Waals surface area contributed by atoms with Gasteiger partial charge >= 0.3 is 0 Å². The van der Waals surface area contributed by atoms with Gasteiger partial charge in [-0.1, -0.05) is 0 Å². The van der Waals surface area contributed by atoms with Crippen LogP contribution in [0.15, 0.2) is 12.3 Å². The molecule has 0 radical (unpaired) electrons.